The molecule has 0 aliphatic heterocycles. The maximum absolute atomic E-state index is 3.73. The highest BCUT2D eigenvalue weighted by atomic mass is 79.9. The highest BCUT2D eigenvalue weighted by Gasteiger charge is 2.29. The van der Waals surface area contributed by atoms with Crippen molar-refractivity contribution in [2.45, 2.75) is 0 Å². The van der Waals surface area contributed by atoms with Gasteiger partial charge in [0, 0.05) is 22.4 Å². The number of benzene rings is 8. The molecule has 0 nitrogen and oxygen atoms in total. The first-order valence-corrected chi connectivity index (χ1v) is 21.0. The van der Waals surface area contributed by atoms with Gasteiger partial charge in [0.2, 0.25) is 0 Å². The highest BCUT2D eigenvalue weighted by Crippen LogP contribution is 2.56. The highest BCUT2D eigenvalue weighted by molar-refractivity contribution is 9.11. The Kier molecular flexibility index (Phi) is 10.8. The van der Waals surface area contributed by atoms with E-state index in [0.717, 1.165) is 55.7 Å². The fourth-order valence-corrected chi connectivity index (χ4v) is 8.35. The van der Waals surface area contributed by atoms with Crippen LogP contribution in [-0.4, -0.2) is 0 Å². The Morgan fingerprint density at radius 2 is 0.340 bits per heavy atom. The van der Waals surface area contributed by atoms with E-state index in [4.69, 9.17) is 0 Å². The van der Waals surface area contributed by atoms with Crippen molar-refractivity contribution in [1.82, 2.24) is 0 Å². The van der Waals surface area contributed by atoms with E-state index in [0.29, 0.717) is 0 Å². The lowest BCUT2D eigenvalue weighted by atomic mass is 9.74. The summed E-state index contributed by atoms with van der Waals surface area (Å²) in [6.07, 6.45) is 0. The van der Waals surface area contributed by atoms with Crippen LogP contribution in [0.3, 0.4) is 0 Å². The summed E-state index contributed by atoms with van der Waals surface area (Å²) >= 11 is 18.6. The van der Waals surface area contributed by atoms with Gasteiger partial charge in [-0.1, -0.05) is 195 Å². The smallest absolute Gasteiger partial charge is 0.0175 e. The number of rotatable bonds is 7. The van der Waals surface area contributed by atoms with Gasteiger partial charge in [0.1, 0.15) is 0 Å². The lowest BCUT2D eigenvalue weighted by Gasteiger charge is -2.29. The molecule has 0 saturated carbocycles. The van der Waals surface area contributed by atoms with Crippen LogP contribution in [0.1, 0.15) is 0 Å². The summed E-state index contributed by atoms with van der Waals surface area (Å²) in [6, 6.07) is 63.4. The number of hydrogen-bond donors (Lipinski definition) is 0. The molecule has 0 spiro atoms. The van der Waals surface area contributed by atoms with Gasteiger partial charge in [-0.15, -0.1) is 0 Å². The molecule has 8 aromatic carbocycles. The summed E-state index contributed by atoms with van der Waals surface area (Å²) in [5, 5.41) is 0. The van der Waals surface area contributed by atoms with E-state index in [-0.39, 0.29) is 0 Å². The van der Waals surface area contributed by atoms with E-state index < -0.39 is 0 Å². The second-order valence-electron chi connectivity index (χ2n) is 12.7. The predicted molar refractivity (Wildman–Crippen MR) is 243 cm³/mol. The third-order valence-corrected chi connectivity index (χ3v) is 12.1. The van der Waals surface area contributed by atoms with E-state index in [1.165, 1.54) is 44.5 Å². The molecule has 0 N–H and O–H groups in total. The minimum Gasteiger partial charge on any atom is -0.0622 e. The molecule has 0 unspecified atom stereocenters. The quantitative estimate of drug-likeness (QED) is 0.149. The lowest BCUT2D eigenvalue weighted by molar-refractivity contribution is 1.50. The van der Waals surface area contributed by atoms with Gasteiger partial charge >= 0.3 is 0 Å². The molecule has 0 bridgehead atoms. The molecule has 0 heterocycles. The van der Waals surface area contributed by atoms with E-state index >= 15 is 0 Å². The van der Waals surface area contributed by atoms with Gasteiger partial charge in [0.05, 0.1) is 0 Å². The van der Waals surface area contributed by atoms with Gasteiger partial charge in [-0.2, -0.15) is 0 Å². The van der Waals surface area contributed by atoms with Crippen LogP contribution in [0.5, 0.6) is 0 Å². The van der Waals surface area contributed by atoms with E-state index in [2.05, 4.69) is 256 Å². The van der Waals surface area contributed by atoms with E-state index in [1.807, 2.05) is 0 Å². The Labute approximate surface area is 352 Å². The topological polar surface area (TPSA) is 0 Å². The second kappa shape index (κ2) is 15.9. The Hall–Kier alpha value is -3.84. The largest absolute Gasteiger partial charge is 0.0622 e. The molecule has 0 aliphatic rings. The molecule has 0 aliphatic carbocycles. The Bertz CT molecular complexity index is 2410. The summed E-state index contributed by atoms with van der Waals surface area (Å²) in [6.45, 7) is 0. The third-order valence-electron chi connectivity index (χ3n) is 9.45. The third kappa shape index (κ3) is 7.61. The predicted octanol–water partition coefficient (Wildman–Crippen LogP) is 17.2. The van der Waals surface area contributed by atoms with Gasteiger partial charge < -0.3 is 0 Å². The van der Waals surface area contributed by atoms with E-state index in [9.17, 15) is 0 Å². The van der Waals surface area contributed by atoms with Crippen LogP contribution in [0.2, 0.25) is 0 Å². The van der Waals surface area contributed by atoms with Gasteiger partial charge in [-0.05, 0) is 139 Å². The lowest BCUT2D eigenvalue weighted by Crippen LogP contribution is -2.02. The first-order chi connectivity index (χ1) is 25.8. The van der Waals surface area contributed by atoms with Crippen LogP contribution in [0, 0.1) is 0 Å². The molecule has 0 fully saturated rings. The molecule has 53 heavy (non-hydrogen) atoms. The van der Waals surface area contributed by atoms with Crippen LogP contribution in [0.15, 0.2) is 198 Å². The zero-order chi connectivity index (χ0) is 36.5. The molecule has 0 saturated heterocycles. The molecule has 8 rings (SSSR count). The summed E-state index contributed by atoms with van der Waals surface area (Å²) in [5.41, 5.74) is 16.2. The fourth-order valence-electron chi connectivity index (χ4n) is 7.02. The van der Waals surface area contributed by atoms with Crippen molar-refractivity contribution in [3.63, 3.8) is 0 Å². The van der Waals surface area contributed by atoms with E-state index in [1.54, 1.807) is 0 Å². The van der Waals surface area contributed by atoms with Crippen LogP contribution >= 0.6 is 79.6 Å². The Morgan fingerprint density at radius 3 is 0.566 bits per heavy atom. The van der Waals surface area contributed by atoms with Crippen molar-refractivity contribution in [1.29, 1.82) is 0 Å². The van der Waals surface area contributed by atoms with Crippen molar-refractivity contribution in [3.05, 3.63) is 198 Å². The molecule has 0 radical (unpaired) electrons. The zero-order valence-electron chi connectivity index (χ0n) is 28.1. The van der Waals surface area contributed by atoms with Gasteiger partial charge in [-0.25, -0.2) is 0 Å². The molecule has 5 heteroatoms. The fraction of sp³-hybridized carbons (Fsp3) is 0. The van der Waals surface area contributed by atoms with Gasteiger partial charge in [0.25, 0.3) is 0 Å². The van der Waals surface area contributed by atoms with Crippen molar-refractivity contribution in [3.8, 4) is 77.9 Å². The Balaban J connectivity index is 1.62. The molecule has 0 aromatic heterocycles. The molecular formula is C48H29Br5. The van der Waals surface area contributed by atoms with Crippen molar-refractivity contribution < 1.29 is 0 Å². The van der Waals surface area contributed by atoms with Gasteiger partial charge in [0.15, 0.2) is 0 Å². The first kappa shape index (κ1) is 36.2. The summed E-state index contributed by atoms with van der Waals surface area (Å²) < 4.78 is 5.18. The van der Waals surface area contributed by atoms with Crippen molar-refractivity contribution in [2.75, 3.05) is 0 Å². The number of hydrogen-bond acceptors (Lipinski definition) is 0. The van der Waals surface area contributed by atoms with Crippen LogP contribution in [0.25, 0.3) is 77.9 Å². The van der Waals surface area contributed by atoms with Crippen LogP contribution < -0.4 is 0 Å². The standard InChI is InChI=1S/C48H29Br5/c49-38-20-10-33(11-21-38)44-43(32-8-6-31(7-9-32)30-4-2-1-3-5-30)45(34-12-22-39(50)23-13-34)47(36-16-26-41(52)27-17-36)48(37-18-28-42(53)29-19-37)46(44)35-14-24-40(51)25-15-35/h1-29H. The average molecular weight is 1010 g/mol. The summed E-state index contributed by atoms with van der Waals surface area (Å²) in [7, 11) is 0. The molecular weight excluding hydrogens is 976 g/mol. The average Bonchev–Trinajstić information content (AvgIpc) is 3.19. The normalized spacial score (nSPS) is 11.1. The minimum absolute atomic E-state index is 1.04. The van der Waals surface area contributed by atoms with Gasteiger partial charge in [-0.3, -0.25) is 0 Å². The second-order valence-corrected chi connectivity index (χ2v) is 17.3. The van der Waals surface area contributed by atoms with Crippen molar-refractivity contribution in [2.24, 2.45) is 0 Å². The maximum atomic E-state index is 3.73. The van der Waals surface area contributed by atoms with Crippen molar-refractivity contribution >= 4 is 79.6 Å². The summed E-state index contributed by atoms with van der Waals surface area (Å²) in [4.78, 5) is 0. The SMILES string of the molecule is Brc1ccc(-c2c(-c3ccc(Br)cc3)c(-c3ccc(Br)cc3)c(-c3ccc(-c4ccccc4)cc3)c(-c3ccc(Br)cc3)c2-c2ccc(Br)cc2)cc1. The first-order valence-electron chi connectivity index (χ1n) is 17.0. The molecule has 0 amide bonds. The van der Waals surface area contributed by atoms with Crippen LogP contribution in [-0.2, 0) is 0 Å². The molecule has 256 valence electrons. The minimum atomic E-state index is 1.04. The van der Waals surface area contributed by atoms with Crippen LogP contribution in [0.4, 0.5) is 0 Å². The monoisotopic (exact) mass is 1000 g/mol. The molecule has 0 atom stereocenters. The number of halogens is 5. The zero-order valence-corrected chi connectivity index (χ0v) is 36.1. The Morgan fingerprint density at radius 1 is 0.170 bits per heavy atom. The maximum Gasteiger partial charge on any atom is 0.0175 e. The molecule has 8 aromatic rings. The summed E-state index contributed by atoms with van der Waals surface area (Å²) in [5.74, 6) is 0.